The van der Waals surface area contributed by atoms with Gasteiger partial charge in [-0.05, 0) is 59.7 Å². The van der Waals surface area contributed by atoms with Gasteiger partial charge in [0.05, 0.1) is 6.93 Å². The maximum absolute atomic E-state index is 12.2. The van der Waals surface area contributed by atoms with E-state index in [0.29, 0.717) is 18.8 Å². The van der Waals surface area contributed by atoms with Crippen molar-refractivity contribution in [2.24, 2.45) is 0 Å². The highest BCUT2D eigenvalue weighted by molar-refractivity contribution is 5.99. The molecule has 27 heavy (non-hydrogen) atoms. The van der Waals surface area contributed by atoms with E-state index in [-0.39, 0.29) is 41.8 Å². The van der Waals surface area contributed by atoms with Crippen LogP contribution in [0.1, 0.15) is 53.3 Å². The highest BCUT2D eigenvalue weighted by Crippen LogP contribution is 2.24. The smallest absolute Gasteiger partial charge is 0.321 e. The van der Waals surface area contributed by atoms with Crippen molar-refractivity contribution in [2.75, 3.05) is 31.6 Å². The number of benzene rings is 1. The molecule has 0 radical (unpaired) electrons. The fraction of sp³-hybridized carbons (Fsp3) is 0.600. The number of rotatable bonds is 9. The van der Waals surface area contributed by atoms with Crippen LogP contribution in [0.4, 0.5) is 10.5 Å². The van der Waals surface area contributed by atoms with Crippen molar-refractivity contribution in [3.8, 4) is 5.75 Å². The molecule has 3 N–H and O–H groups in total. The minimum atomic E-state index is -1.85. The summed E-state index contributed by atoms with van der Waals surface area (Å²) in [6, 6.07) is 4.47. The third-order valence-electron chi connectivity index (χ3n) is 3.88. The lowest BCUT2D eigenvalue weighted by Crippen LogP contribution is -2.42. The van der Waals surface area contributed by atoms with E-state index in [0.717, 1.165) is 0 Å². The topological polar surface area (TPSA) is 90.9 Å². The Labute approximate surface area is 163 Å². The highest BCUT2D eigenvalue weighted by atomic mass is 16.5. The SMILES string of the molecule is [2H]C(O)(CNC(C)(C)C)COc1ccc(NC(=O)N(CC)CC)cc1C(C)=O. The van der Waals surface area contributed by atoms with Crippen LogP contribution in [0.15, 0.2) is 18.2 Å². The molecule has 0 spiro atoms. The van der Waals surface area contributed by atoms with Gasteiger partial charge in [0.2, 0.25) is 0 Å². The van der Waals surface area contributed by atoms with Crippen molar-refractivity contribution in [2.45, 2.75) is 53.2 Å². The Balaban J connectivity index is 2.88. The summed E-state index contributed by atoms with van der Waals surface area (Å²) in [7, 11) is 0. The third kappa shape index (κ3) is 7.97. The van der Waals surface area contributed by atoms with Crippen LogP contribution in [0.25, 0.3) is 0 Å². The molecule has 1 aromatic rings. The van der Waals surface area contributed by atoms with E-state index >= 15 is 0 Å². The van der Waals surface area contributed by atoms with Gasteiger partial charge in [0, 0.05) is 30.9 Å². The van der Waals surface area contributed by atoms with Crippen LogP contribution in [0, 0.1) is 0 Å². The quantitative estimate of drug-likeness (QED) is 0.573. The molecule has 2 amide bonds. The van der Waals surface area contributed by atoms with Crippen LogP contribution in [0.2, 0.25) is 0 Å². The normalized spacial score (nSPS) is 14.1. The lowest BCUT2D eigenvalue weighted by Gasteiger charge is -2.23. The van der Waals surface area contributed by atoms with Crippen LogP contribution in [-0.4, -0.2) is 59.7 Å². The first-order valence-electron chi connectivity index (χ1n) is 9.69. The summed E-state index contributed by atoms with van der Waals surface area (Å²) >= 11 is 0. The Bertz CT molecular complexity index is 683. The maximum Gasteiger partial charge on any atom is 0.321 e. The Morgan fingerprint density at radius 3 is 2.44 bits per heavy atom. The summed E-state index contributed by atoms with van der Waals surface area (Å²) in [4.78, 5) is 25.8. The van der Waals surface area contributed by atoms with Crippen molar-refractivity contribution in [1.29, 1.82) is 0 Å². The van der Waals surface area contributed by atoms with Crippen molar-refractivity contribution >= 4 is 17.5 Å². The molecule has 1 unspecified atom stereocenters. The molecule has 7 nitrogen and oxygen atoms in total. The number of ether oxygens (including phenoxy) is 1. The number of hydrogen-bond acceptors (Lipinski definition) is 5. The molecule has 1 rings (SSSR count). The number of anilines is 1. The number of hydrogen-bond donors (Lipinski definition) is 3. The molecule has 0 fully saturated rings. The predicted octanol–water partition coefficient (Wildman–Crippen LogP) is 2.89. The van der Waals surface area contributed by atoms with Gasteiger partial charge < -0.3 is 25.4 Å². The maximum atomic E-state index is 12.2. The zero-order chi connectivity index (χ0) is 21.5. The van der Waals surface area contributed by atoms with Gasteiger partial charge in [-0.3, -0.25) is 4.79 Å². The average molecular weight is 381 g/mol. The molecule has 7 heteroatoms. The van der Waals surface area contributed by atoms with E-state index in [1.54, 1.807) is 17.0 Å². The first-order valence-corrected chi connectivity index (χ1v) is 9.19. The van der Waals surface area contributed by atoms with Gasteiger partial charge >= 0.3 is 6.03 Å². The van der Waals surface area contributed by atoms with E-state index < -0.39 is 6.08 Å². The fourth-order valence-electron chi connectivity index (χ4n) is 2.30. The number of amides is 2. The molecule has 1 aromatic carbocycles. The molecule has 0 aromatic heterocycles. The van der Waals surface area contributed by atoms with Gasteiger partial charge in [-0.2, -0.15) is 0 Å². The molecule has 152 valence electrons. The second-order valence-electron chi connectivity index (χ2n) is 7.33. The average Bonchev–Trinajstić information content (AvgIpc) is 2.59. The van der Waals surface area contributed by atoms with E-state index in [9.17, 15) is 14.7 Å². The lowest BCUT2D eigenvalue weighted by atomic mass is 10.1. The summed E-state index contributed by atoms with van der Waals surface area (Å²) in [5.41, 5.74) is 0.506. The zero-order valence-corrected chi connectivity index (χ0v) is 17.2. The number of Topliss-reactive ketones (excluding diaryl/α,β-unsaturated/α-hetero) is 1. The molecule has 0 heterocycles. The minimum Gasteiger partial charge on any atom is -0.490 e. The number of β-amino-alcohol motifs (C(OH)–C–C–N with tert-alkyl or cyclic N) is 1. The number of ketones is 1. The number of carbonyl (C=O) groups excluding carboxylic acids is 2. The molecular weight excluding hydrogens is 346 g/mol. The van der Waals surface area contributed by atoms with Crippen LogP contribution in [0.3, 0.4) is 0 Å². The van der Waals surface area contributed by atoms with E-state index in [1.807, 2.05) is 34.6 Å². The molecule has 0 aliphatic carbocycles. The molecule has 0 saturated carbocycles. The number of aliphatic hydroxyl groups is 1. The van der Waals surface area contributed by atoms with Gasteiger partial charge in [0.15, 0.2) is 5.78 Å². The van der Waals surface area contributed by atoms with E-state index in [2.05, 4.69) is 10.6 Å². The summed E-state index contributed by atoms with van der Waals surface area (Å²) in [6.45, 7) is 11.8. The number of nitrogens with one attached hydrogen (secondary N) is 2. The Kier molecular flexibility index (Phi) is 8.06. The molecule has 1 atom stereocenters. The Morgan fingerprint density at radius 1 is 1.30 bits per heavy atom. The van der Waals surface area contributed by atoms with E-state index in [4.69, 9.17) is 6.11 Å². The number of carbonyl (C=O) groups is 2. The van der Waals surface area contributed by atoms with Gasteiger partial charge in [0.1, 0.15) is 18.4 Å². The monoisotopic (exact) mass is 380 g/mol. The zero-order valence-electron chi connectivity index (χ0n) is 18.2. The highest BCUT2D eigenvalue weighted by Gasteiger charge is 2.16. The first-order chi connectivity index (χ1) is 12.9. The summed E-state index contributed by atoms with van der Waals surface area (Å²) in [5.74, 6) is 0.0186. The largest absolute Gasteiger partial charge is 0.490 e. The minimum absolute atomic E-state index is 0.0178. The second kappa shape index (κ2) is 10.3. The molecule has 0 aliphatic heterocycles. The standard InChI is InChI=1S/C20H33N3O4/c1-7-23(8-2)19(26)22-15-9-10-18(17(11-15)14(3)24)27-13-16(25)12-21-20(4,5)6/h9-11,16,21,25H,7-8,12-13H2,1-6H3,(H,22,26)/i16D. The summed E-state index contributed by atoms with van der Waals surface area (Å²) < 4.78 is 13.5. The van der Waals surface area contributed by atoms with Crippen molar-refractivity contribution in [3.63, 3.8) is 0 Å². The number of urea groups is 1. The van der Waals surface area contributed by atoms with Gasteiger partial charge in [-0.25, -0.2) is 4.79 Å². The van der Waals surface area contributed by atoms with Crippen LogP contribution in [0.5, 0.6) is 5.75 Å². The predicted molar refractivity (Wildman–Crippen MR) is 108 cm³/mol. The van der Waals surface area contributed by atoms with Crippen LogP contribution >= 0.6 is 0 Å². The van der Waals surface area contributed by atoms with Crippen molar-refractivity contribution in [3.05, 3.63) is 23.8 Å². The van der Waals surface area contributed by atoms with E-state index in [1.165, 1.54) is 13.0 Å². The van der Waals surface area contributed by atoms with Crippen molar-refractivity contribution in [1.82, 2.24) is 10.2 Å². The first kappa shape index (κ1) is 21.2. The Morgan fingerprint density at radius 2 is 1.93 bits per heavy atom. The molecule has 0 saturated heterocycles. The Hall–Kier alpha value is -2.12. The molecule has 0 bridgehead atoms. The summed E-state index contributed by atoms with van der Waals surface area (Å²) in [6.07, 6.45) is -1.85. The second-order valence-corrected chi connectivity index (χ2v) is 7.33. The third-order valence-corrected chi connectivity index (χ3v) is 3.88. The number of nitrogens with zero attached hydrogens (tertiary/aromatic N) is 1. The lowest BCUT2D eigenvalue weighted by molar-refractivity contribution is 0.0950. The van der Waals surface area contributed by atoms with Gasteiger partial charge in [-0.15, -0.1) is 0 Å². The van der Waals surface area contributed by atoms with Crippen LogP contribution in [-0.2, 0) is 0 Å². The van der Waals surface area contributed by atoms with Gasteiger partial charge in [-0.1, -0.05) is 0 Å². The van der Waals surface area contributed by atoms with Gasteiger partial charge in [0.25, 0.3) is 0 Å². The molecule has 0 aliphatic rings. The van der Waals surface area contributed by atoms with Crippen LogP contribution < -0.4 is 15.4 Å². The summed E-state index contributed by atoms with van der Waals surface area (Å²) in [5, 5.41) is 16.0. The van der Waals surface area contributed by atoms with Crippen molar-refractivity contribution < 1.29 is 20.8 Å². The molecular formula is C20H33N3O4. The fourth-order valence-corrected chi connectivity index (χ4v) is 2.30.